The van der Waals surface area contributed by atoms with Crippen molar-refractivity contribution >= 4 is 0 Å². The van der Waals surface area contributed by atoms with Crippen molar-refractivity contribution in [1.29, 1.82) is 0 Å². The highest BCUT2D eigenvalue weighted by Crippen LogP contribution is 2.14. The SMILES string of the molecule is CCCn1ccc(=O)c(OCc2ccccc2)c1C. The van der Waals surface area contributed by atoms with Crippen molar-refractivity contribution in [3.05, 3.63) is 64.1 Å². The Balaban J connectivity index is 2.20. The van der Waals surface area contributed by atoms with Gasteiger partial charge in [0.2, 0.25) is 5.43 Å². The molecule has 0 saturated heterocycles. The second-order valence-electron chi connectivity index (χ2n) is 4.56. The fourth-order valence-electron chi connectivity index (χ4n) is 2.04. The summed E-state index contributed by atoms with van der Waals surface area (Å²) in [5, 5.41) is 0. The predicted molar refractivity (Wildman–Crippen MR) is 76.5 cm³/mol. The van der Waals surface area contributed by atoms with Crippen LogP contribution in [0.4, 0.5) is 0 Å². The Hall–Kier alpha value is -2.03. The van der Waals surface area contributed by atoms with Gasteiger partial charge in [-0.05, 0) is 18.9 Å². The quantitative estimate of drug-likeness (QED) is 0.824. The summed E-state index contributed by atoms with van der Waals surface area (Å²) in [6, 6.07) is 11.4. The number of benzene rings is 1. The Labute approximate surface area is 113 Å². The number of aryl methyl sites for hydroxylation is 1. The van der Waals surface area contributed by atoms with Crippen molar-refractivity contribution < 1.29 is 4.74 Å². The summed E-state index contributed by atoms with van der Waals surface area (Å²) in [5.41, 5.74) is 1.90. The zero-order valence-electron chi connectivity index (χ0n) is 11.4. The van der Waals surface area contributed by atoms with Crippen LogP contribution in [0.25, 0.3) is 0 Å². The van der Waals surface area contributed by atoms with Gasteiger partial charge in [-0.15, -0.1) is 0 Å². The van der Waals surface area contributed by atoms with E-state index in [1.165, 1.54) is 0 Å². The zero-order chi connectivity index (χ0) is 13.7. The Bertz CT molecular complexity index is 587. The van der Waals surface area contributed by atoms with Crippen LogP contribution < -0.4 is 10.2 Å². The van der Waals surface area contributed by atoms with E-state index < -0.39 is 0 Å². The molecule has 0 N–H and O–H groups in total. The van der Waals surface area contributed by atoms with Crippen LogP contribution in [0.15, 0.2) is 47.4 Å². The summed E-state index contributed by atoms with van der Waals surface area (Å²) in [4.78, 5) is 11.9. The van der Waals surface area contributed by atoms with E-state index in [-0.39, 0.29) is 5.43 Å². The number of pyridine rings is 1. The van der Waals surface area contributed by atoms with E-state index in [1.807, 2.05) is 43.5 Å². The molecular weight excluding hydrogens is 238 g/mol. The highest BCUT2D eigenvalue weighted by atomic mass is 16.5. The maximum atomic E-state index is 11.9. The molecule has 0 radical (unpaired) electrons. The minimum atomic E-state index is -0.0548. The topological polar surface area (TPSA) is 31.2 Å². The van der Waals surface area contributed by atoms with Crippen molar-refractivity contribution in [2.75, 3.05) is 0 Å². The Kier molecular flexibility index (Phi) is 4.39. The summed E-state index contributed by atoms with van der Waals surface area (Å²) in [7, 11) is 0. The van der Waals surface area contributed by atoms with Gasteiger partial charge >= 0.3 is 0 Å². The number of hydrogen-bond acceptors (Lipinski definition) is 2. The van der Waals surface area contributed by atoms with Crippen molar-refractivity contribution in [1.82, 2.24) is 4.57 Å². The van der Waals surface area contributed by atoms with Crippen LogP contribution in [0.3, 0.4) is 0 Å². The maximum absolute atomic E-state index is 11.9. The molecule has 0 bridgehead atoms. The van der Waals surface area contributed by atoms with Crippen molar-refractivity contribution in [2.24, 2.45) is 0 Å². The highest BCUT2D eigenvalue weighted by Gasteiger charge is 2.08. The van der Waals surface area contributed by atoms with Gasteiger partial charge in [0.25, 0.3) is 0 Å². The number of hydrogen-bond donors (Lipinski definition) is 0. The van der Waals surface area contributed by atoms with Gasteiger partial charge in [-0.1, -0.05) is 37.3 Å². The molecule has 0 saturated carbocycles. The third kappa shape index (κ3) is 3.25. The normalized spacial score (nSPS) is 10.4. The molecule has 0 aliphatic rings. The number of aromatic nitrogens is 1. The standard InChI is InChI=1S/C16H19NO2/c1-3-10-17-11-9-15(18)16(13(17)2)19-12-14-7-5-4-6-8-14/h4-9,11H,3,10,12H2,1-2H3. The van der Waals surface area contributed by atoms with E-state index >= 15 is 0 Å². The largest absolute Gasteiger partial charge is 0.483 e. The van der Waals surface area contributed by atoms with Crippen LogP contribution in [0.2, 0.25) is 0 Å². The molecule has 0 atom stereocenters. The minimum Gasteiger partial charge on any atom is -0.483 e. The fourth-order valence-corrected chi connectivity index (χ4v) is 2.04. The Morgan fingerprint density at radius 3 is 2.58 bits per heavy atom. The third-order valence-corrected chi connectivity index (χ3v) is 3.08. The molecule has 1 aromatic heterocycles. The van der Waals surface area contributed by atoms with Gasteiger partial charge in [-0.25, -0.2) is 0 Å². The van der Waals surface area contributed by atoms with Crippen molar-refractivity contribution in [2.45, 2.75) is 33.4 Å². The van der Waals surface area contributed by atoms with Crippen molar-refractivity contribution in [3.8, 4) is 5.75 Å². The molecular formula is C16H19NO2. The first-order chi connectivity index (χ1) is 9.22. The molecule has 0 unspecified atom stereocenters. The van der Waals surface area contributed by atoms with E-state index in [2.05, 4.69) is 11.5 Å². The molecule has 1 heterocycles. The van der Waals surface area contributed by atoms with Gasteiger partial charge in [0.05, 0.1) is 5.69 Å². The number of rotatable bonds is 5. The molecule has 2 rings (SSSR count). The summed E-state index contributed by atoms with van der Waals surface area (Å²) in [5.74, 6) is 0.458. The summed E-state index contributed by atoms with van der Waals surface area (Å²) in [6.07, 6.45) is 2.86. The first-order valence-electron chi connectivity index (χ1n) is 6.59. The first kappa shape index (κ1) is 13.4. The predicted octanol–water partition coefficient (Wildman–Crippen LogP) is 3.15. The van der Waals surface area contributed by atoms with E-state index in [0.717, 1.165) is 24.2 Å². The Morgan fingerprint density at radius 2 is 1.89 bits per heavy atom. The molecule has 0 aliphatic heterocycles. The van der Waals surface area contributed by atoms with Crippen LogP contribution in [0.1, 0.15) is 24.6 Å². The molecule has 2 aromatic rings. The summed E-state index contributed by atoms with van der Waals surface area (Å²) >= 11 is 0. The van der Waals surface area contributed by atoms with E-state index in [1.54, 1.807) is 6.07 Å². The first-order valence-corrected chi connectivity index (χ1v) is 6.59. The van der Waals surface area contributed by atoms with Crippen LogP contribution in [-0.4, -0.2) is 4.57 Å². The molecule has 19 heavy (non-hydrogen) atoms. The second-order valence-corrected chi connectivity index (χ2v) is 4.56. The highest BCUT2D eigenvalue weighted by molar-refractivity contribution is 5.27. The monoisotopic (exact) mass is 257 g/mol. The fraction of sp³-hybridized carbons (Fsp3) is 0.312. The molecule has 3 nitrogen and oxygen atoms in total. The average molecular weight is 257 g/mol. The summed E-state index contributed by atoms with van der Waals surface area (Å²) in [6.45, 7) is 5.36. The van der Waals surface area contributed by atoms with Crippen LogP contribution in [-0.2, 0) is 13.2 Å². The number of ether oxygens (including phenoxy) is 1. The van der Waals surface area contributed by atoms with E-state index in [9.17, 15) is 4.79 Å². The van der Waals surface area contributed by atoms with Gasteiger partial charge in [0.1, 0.15) is 6.61 Å². The molecule has 100 valence electrons. The third-order valence-electron chi connectivity index (χ3n) is 3.08. The second kappa shape index (κ2) is 6.23. The molecule has 0 amide bonds. The maximum Gasteiger partial charge on any atom is 0.223 e. The average Bonchev–Trinajstić information content (AvgIpc) is 2.43. The summed E-state index contributed by atoms with van der Waals surface area (Å²) < 4.78 is 7.76. The van der Waals surface area contributed by atoms with Gasteiger partial charge < -0.3 is 9.30 Å². The minimum absolute atomic E-state index is 0.0548. The van der Waals surface area contributed by atoms with Crippen molar-refractivity contribution in [3.63, 3.8) is 0 Å². The van der Waals surface area contributed by atoms with Gasteiger partial charge in [0, 0.05) is 18.8 Å². The lowest BCUT2D eigenvalue weighted by molar-refractivity contribution is 0.297. The zero-order valence-corrected chi connectivity index (χ0v) is 11.4. The smallest absolute Gasteiger partial charge is 0.223 e. The Morgan fingerprint density at radius 1 is 1.16 bits per heavy atom. The molecule has 0 spiro atoms. The molecule has 0 fully saturated rings. The van der Waals surface area contributed by atoms with E-state index in [0.29, 0.717) is 12.4 Å². The van der Waals surface area contributed by atoms with Crippen LogP contribution >= 0.6 is 0 Å². The van der Waals surface area contributed by atoms with Gasteiger partial charge in [-0.2, -0.15) is 0 Å². The lowest BCUT2D eigenvalue weighted by Gasteiger charge is -2.14. The van der Waals surface area contributed by atoms with Gasteiger partial charge in [-0.3, -0.25) is 4.79 Å². The lowest BCUT2D eigenvalue weighted by atomic mass is 10.2. The van der Waals surface area contributed by atoms with E-state index in [4.69, 9.17) is 4.74 Å². The molecule has 1 aromatic carbocycles. The van der Waals surface area contributed by atoms with Gasteiger partial charge in [0.15, 0.2) is 5.75 Å². The molecule has 0 aliphatic carbocycles. The lowest BCUT2D eigenvalue weighted by Crippen LogP contribution is -2.14. The molecule has 3 heteroatoms. The van der Waals surface area contributed by atoms with Crippen LogP contribution in [0, 0.1) is 6.92 Å². The number of nitrogens with zero attached hydrogens (tertiary/aromatic N) is 1. The van der Waals surface area contributed by atoms with Crippen LogP contribution in [0.5, 0.6) is 5.75 Å².